The SMILES string of the molecule is FC(F)Oc1ccccc1N1CC2C(C1)C2N(Cc1ccccc1)Cc1ccccc1. The van der Waals surface area contributed by atoms with Gasteiger partial charge in [-0.25, -0.2) is 0 Å². The molecule has 5 heteroatoms. The van der Waals surface area contributed by atoms with Gasteiger partial charge in [-0.05, 0) is 35.1 Å². The van der Waals surface area contributed by atoms with Gasteiger partial charge in [0.05, 0.1) is 5.69 Å². The molecule has 1 saturated heterocycles. The monoisotopic (exact) mass is 420 g/mol. The number of benzene rings is 3. The van der Waals surface area contributed by atoms with Crippen LogP contribution in [0.15, 0.2) is 84.9 Å². The lowest BCUT2D eigenvalue weighted by atomic mass is 10.1. The quantitative estimate of drug-likeness (QED) is 0.484. The van der Waals surface area contributed by atoms with Crippen LogP contribution in [0.2, 0.25) is 0 Å². The molecule has 1 saturated carbocycles. The van der Waals surface area contributed by atoms with E-state index in [0.29, 0.717) is 17.9 Å². The first-order valence-electron chi connectivity index (χ1n) is 10.8. The minimum atomic E-state index is -2.81. The van der Waals surface area contributed by atoms with Crippen LogP contribution in [-0.2, 0) is 13.1 Å². The molecule has 1 aliphatic heterocycles. The Hall–Kier alpha value is -2.92. The van der Waals surface area contributed by atoms with Crippen LogP contribution in [0.4, 0.5) is 14.5 Å². The summed E-state index contributed by atoms with van der Waals surface area (Å²) in [4.78, 5) is 4.78. The summed E-state index contributed by atoms with van der Waals surface area (Å²) in [7, 11) is 0. The van der Waals surface area contributed by atoms with E-state index >= 15 is 0 Å². The van der Waals surface area contributed by atoms with E-state index in [1.807, 2.05) is 24.3 Å². The van der Waals surface area contributed by atoms with Gasteiger partial charge >= 0.3 is 6.61 Å². The number of hydrogen-bond donors (Lipinski definition) is 0. The lowest BCUT2D eigenvalue weighted by Gasteiger charge is -2.29. The molecular formula is C26H26F2N2O. The fraction of sp³-hybridized carbons (Fsp3) is 0.308. The van der Waals surface area contributed by atoms with Crippen LogP contribution in [0, 0.1) is 11.8 Å². The van der Waals surface area contributed by atoms with Crippen molar-refractivity contribution in [2.75, 3.05) is 18.0 Å². The second-order valence-electron chi connectivity index (χ2n) is 8.45. The largest absolute Gasteiger partial charge is 0.433 e. The summed E-state index contributed by atoms with van der Waals surface area (Å²) in [5.74, 6) is 1.36. The predicted octanol–water partition coefficient (Wildman–Crippen LogP) is 5.43. The van der Waals surface area contributed by atoms with Gasteiger partial charge in [0.15, 0.2) is 0 Å². The highest BCUT2D eigenvalue weighted by molar-refractivity contribution is 5.60. The maximum atomic E-state index is 12.8. The van der Waals surface area contributed by atoms with Crippen LogP contribution in [0.3, 0.4) is 0 Å². The summed E-state index contributed by atoms with van der Waals surface area (Å²) >= 11 is 0. The number of para-hydroxylation sites is 2. The number of halogens is 2. The summed E-state index contributed by atoms with van der Waals surface area (Å²) in [6.07, 6.45) is 0. The number of piperidine rings is 1. The van der Waals surface area contributed by atoms with Gasteiger partial charge in [-0.3, -0.25) is 4.90 Å². The standard InChI is InChI=1S/C26H26F2N2O/c27-26(28)31-24-14-8-7-13-23(24)29-17-21-22(18-29)25(21)30(15-19-9-3-1-4-10-19)16-20-11-5-2-6-12-20/h1-14,21-22,25-26H,15-18H2. The van der Waals surface area contributed by atoms with Crippen molar-refractivity contribution in [1.82, 2.24) is 4.90 Å². The second-order valence-corrected chi connectivity index (χ2v) is 8.45. The van der Waals surface area contributed by atoms with Crippen LogP contribution in [0.5, 0.6) is 5.75 Å². The number of hydrogen-bond acceptors (Lipinski definition) is 3. The number of ether oxygens (including phenoxy) is 1. The summed E-state index contributed by atoms with van der Waals surface area (Å²) in [5.41, 5.74) is 3.40. The Morgan fingerprint density at radius 2 is 1.29 bits per heavy atom. The zero-order valence-electron chi connectivity index (χ0n) is 17.3. The fourth-order valence-electron chi connectivity index (χ4n) is 5.05. The molecule has 0 amide bonds. The van der Waals surface area contributed by atoms with E-state index in [0.717, 1.165) is 31.9 Å². The number of fused-ring (bicyclic) bond motifs is 1. The number of nitrogens with zero attached hydrogens (tertiary/aromatic N) is 2. The van der Waals surface area contributed by atoms with Crippen molar-refractivity contribution in [3.63, 3.8) is 0 Å². The average Bonchev–Trinajstić information content (AvgIpc) is 3.28. The highest BCUT2D eigenvalue weighted by atomic mass is 19.3. The molecule has 2 fully saturated rings. The minimum absolute atomic E-state index is 0.265. The van der Waals surface area contributed by atoms with Gasteiger partial charge in [0.2, 0.25) is 0 Å². The van der Waals surface area contributed by atoms with Gasteiger partial charge in [0, 0.05) is 32.2 Å². The topological polar surface area (TPSA) is 15.7 Å². The first kappa shape index (κ1) is 20.0. The lowest BCUT2D eigenvalue weighted by molar-refractivity contribution is -0.0495. The van der Waals surface area contributed by atoms with Gasteiger partial charge < -0.3 is 9.64 Å². The maximum absolute atomic E-state index is 12.8. The molecular weight excluding hydrogens is 394 g/mol. The molecule has 31 heavy (non-hydrogen) atoms. The maximum Gasteiger partial charge on any atom is 0.387 e. The summed E-state index contributed by atoms with van der Waals surface area (Å²) in [5, 5.41) is 0. The number of rotatable bonds is 8. The van der Waals surface area contributed by atoms with Crippen molar-refractivity contribution in [2.24, 2.45) is 11.8 Å². The smallest absolute Gasteiger partial charge is 0.387 e. The highest BCUT2D eigenvalue weighted by Gasteiger charge is 2.58. The van der Waals surface area contributed by atoms with Crippen LogP contribution < -0.4 is 9.64 Å². The van der Waals surface area contributed by atoms with E-state index in [9.17, 15) is 8.78 Å². The summed E-state index contributed by atoms with van der Waals surface area (Å²) in [6, 6.07) is 28.8. The van der Waals surface area contributed by atoms with E-state index in [1.165, 1.54) is 11.1 Å². The van der Waals surface area contributed by atoms with Gasteiger partial charge in [0.1, 0.15) is 5.75 Å². The van der Waals surface area contributed by atoms with E-state index in [-0.39, 0.29) is 5.75 Å². The number of anilines is 1. The molecule has 0 bridgehead atoms. The number of alkyl halides is 2. The molecule has 3 aromatic rings. The predicted molar refractivity (Wildman–Crippen MR) is 118 cm³/mol. The third-order valence-corrected chi connectivity index (χ3v) is 6.45. The van der Waals surface area contributed by atoms with Crippen LogP contribution >= 0.6 is 0 Å². The molecule has 0 N–H and O–H groups in total. The van der Waals surface area contributed by atoms with E-state index in [2.05, 4.69) is 58.3 Å². The van der Waals surface area contributed by atoms with Gasteiger partial charge in [-0.15, -0.1) is 0 Å². The molecule has 160 valence electrons. The molecule has 3 aromatic carbocycles. The molecule has 0 spiro atoms. The van der Waals surface area contributed by atoms with E-state index < -0.39 is 6.61 Å². The fourth-order valence-corrected chi connectivity index (χ4v) is 5.05. The first-order valence-corrected chi connectivity index (χ1v) is 10.8. The normalized spacial score (nSPS) is 22.1. The zero-order valence-corrected chi connectivity index (χ0v) is 17.3. The zero-order chi connectivity index (χ0) is 21.2. The van der Waals surface area contributed by atoms with E-state index in [1.54, 1.807) is 12.1 Å². The molecule has 1 aliphatic carbocycles. The minimum Gasteiger partial charge on any atom is -0.433 e. The Morgan fingerprint density at radius 1 is 0.774 bits per heavy atom. The van der Waals surface area contributed by atoms with Crippen molar-refractivity contribution in [1.29, 1.82) is 0 Å². The summed E-state index contributed by atoms with van der Waals surface area (Å²) < 4.78 is 30.4. The average molecular weight is 421 g/mol. The van der Waals surface area contributed by atoms with Gasteiger partial charge in [-0.1, -0.05) is 72.8 Å². The first-order chi connectivity index (χ1) is 15.2. The highest BCUT2D eigenvalue weighted by Crippen LogP contribution is 2.51. The molecule has 5 rings (SSSR count). The van der Waals surface area contributed by atoms with Crippen LogP contribution in [-0.4, -0.2) is 30.6 Å². The Labute approximate surface area is 181 Å². The third kappa shape index (κ3) is 4.42. The lowest BCUT2D eigenvalue weighted by Crippen LogP contribution is -2.34. The molecule has 3 nitrogen and oxygen atoms in total. The Bertz CT molecular complexity index is 945. The molecule has 2 aliphatic rings. The summed E-state index contributed by atoms with van der Waals surface area (Å²) in [6.45, 7) is 0.771. The van der Waals surface area contributed by atoms with Crippen molar-refractivity contribution in [2.45, 2.75) is 25.7 Å². The van der Waals surface area contributed by atoms with Crippen molar-refractivity contribution in [3.05, 3.63) is 96.1 Å². The molecule has 2 atom stereocenters. The molecule has 0 radical (unpaired) electrons. The third-order valence-electron chi connectivity index (χ3n) is 6.45. The Balaban J connectivity index is 1.30. The molecule has 2 unspecified atom stereocenters. The molecule has 1 heterocycles. The van der Waals surface area contributed by atoms with Crippen molar-refractivity contribution in [3.8, 4) is 5.75 Å². The Kier molecular flexibility index (Phi) is 5.60. The van der Waals surface area contributed by atoms with Crippen LogP contribution in [0.25, 0.3) is 0 Å². The van der Waals surface area contributed by atoms with E-state index in [4.69, 9.17) is 4.74 Å². The van der Waals surface area contributed by atoms with Gasteiger partial charge in [0.25, 0.3) is 0 Å². The second kappa shape index (κ2) is 8.67. The van der Waals surface area contributed by atoms with Crippen molar-refractivity contribution < 1.29 is 13.5 Å². The molecule has 0 aromatic heterocycles. The van der Waals surface area contributed by atoms with Crippen molar-refractivity contribution >= 4 is 5.69 Å². The van der Waals surface area contributed by atoms with Crippen LogP contribution in [0.1, 0.15) is 11.1 Å². The Morgan fingerprint density at radius 3 is 1.84 bits per heavy atom. The van der Waals surface area contributed by atoms with Gasteiger partial charge in [-0.2, -0.15) is 8.78 Å².